The van der Waals surface area contributed by atoms with Crippen LogP contribution < -0.4 is 0 Å². The maximum absolute atomic E-state index is 3.61. The Morgan fingerprint density at radius 1 is 0.875 bits per heavy atom. The van der Waals surface area contributed by atoms with Gasteiger partial charge in [0.1, 0.15) is 0 Å². The molecule has 0 radical (unpaired) electrons. The third-order valence-electron chi connectivity index (χ3n) is 3.28. The molecule has 1 heteroatoms. The zero-order valence-corrected chi connectivity index (χ0v) is 10.6. The normalized spacial score (nSPS) is 13.8. The Bertz CT molecular complexity index is 529. The van der Waals surface area contributed by atoms with Gasteiger partial charge in [-0.2, -0.15) is 0 Å². The van der Waals surface area contributed by atoms with Crippen molar-refractivity contribution in [2.24, 2.45) is 0 Å². The second-order valence-electron chi connectivity index (χ2n) is 4.32. The summed E-state index contributed by atoms with van der Waals surface area (Å²) in [6.45, 7) is 0. The van der Waals surface area contributed by atoms with Crippen molar-refractivity contribution in [2.75, 3.05) is 0 Å². The first kappa shape index (κ1) is 10.1. The highest BCUT2D eigenvalue weighted by Crippen LogP contribution is 2.31. The summed E-state index contributed by atoms with van der Waals surface area (Å²) in [5.41, 5.74) is 5.69. The van der Waals surface area contributed by atoms with Crippen molar-refractivity contribution in [1.82, 2.24) is 0 Å². The number of benzene rings is 2. The molecule has 80 valence electrons. The fraction of sp³-hybridized carbons (Fsp3) is 0.200. The highest BCUT2D eigenvalue weighted by Gasteiger charge is 2.11. The lowest BCUT2D eigenvalue weighted by Gasteiger charge is -2.07. The monoisotopic (exact) mass is 272 g/mol. The molecule has 0 spiro atoms. The molecule has 1 aliphatic carbocycles. The zero-order valence-electron chi connectivity index (χ0n) is 9.04. The molecule has 0 heterocycles. The van der Waals surface area contributed by atoms with Crippen LogP contribution in [0.1, 0.15) is 17.5 Å². The molecule has 0 aliphatic heterocycles. The summed E-state index contributed by atoms with van der Waals surface area (Å²) in [5, 5.41) is 0. The molecular formula is C15H13Br. The van der Waals surface area contributed by atoms with E-state index in [1.807, 2.05) is 0 Å². The van der Waals surface area contributed by atoms with Crippen LogP contribution in [0.5, 0.6) is 0 Å². The van der Waals surface area contributed by atoms with Crippen LogP contribution in [-0.4, -0.2) is 0 Å². The molecule has 0 amide bonds. The first-order valence-electron chi connectivity index (χ1n) is 5.71. The molecule has 3 rings (SSSR count). The van der Waals surface area contributed by atoms with Crippen LogP contribution in [0.2, 0.25) is 0 Å². The average molecular weight is 273 g/mol. The summed E-state index contributed by atoms with van der Waals surface area (Å²) in [6, 6.07) is 15.3. The van der Waals surface area contributed by atoms with Crippen LogP contribution in [-0.2, 0) is 12.8 Å². The van der Waals surface area contributed by atoms with Crippen LogP contribution >= 0.6 is 15.9 Å². The molecule has 0 bridgehead atoms. The van der Waals surface area contributed by atoms with Gasteiger partial charge in [-0.1, -0.05) is 52.3 Å². The van der Waals surface area contributed by atoms with Crippen molar-refractivity contribution >= 4 is 15.9 Å². The predicted octanol–water partition coefficient (Wildman–Crippen LogP) is 4.60. The Morgan fingerprint density at radius 2 is 1.69 bits per heavy atom. The van der Waals surface area contributed by atoms with Gasteiger partial charge < -0.3 is 0 Å². The maximum Gasteiger partial charge on any atom is 0.0253 e. The van der Waals surface area contributed by atoms with Gasteiger partial charge in [0, 0.05) is 4.47 Å². The molecule has 2 aromatic carbocycles. The molecule has 0 saturated carbocycles. The first-order valence-corrected chi connectivity index (χ1v) is 6.50. The number of aryl methyl sites for hydroxylation is 2. The minimum absolute atomic E-state index is 1.17. The van der Waals surface area contributed by atoms with Crippen molar-refractivity contribution in [3.8, 4) is 11.1 Å². The van der Waals surface area contributed by atoms with Crippen molar-refractivity contribution in [1.29, 1.82) is 0 Å². The van der Waals surface area contributed by atoms with E-state index < -0.39 is 0 Å². The molecule has 0 atom stereocenters. The van der Waals surface area contributed by atoms with Crippen molar-refractivity contribution in [3.63, 3.8) is 0 Å². The molecule has 0 N–H and O–H groups in total. The highest BCUT2D eigenvalue weighted by molar-refractivity contribution is 9.10. The lowest BCUT2D eigenvalue weighted by molar-refractivity contribution is 0.912. The summed E-state index contributed by atoms with van der Waals surface area (Å²) in [7, 11) is 0. The molecule has 0 aromatic heterocycles. The van der Waals surface area contributed by atoms with Crippen LogP contribution in [0, 0.1) is 0 Å². The Labute approximate surface area is 104 Å². The fourth-order valence-corrected chi connectivity index (χ4v) is 2.95. The Balaban J connectivity index is 2.11. The highest BCUT2D eigenvalue weighted by atomic mass is 79.9. The van der Waals surface area contributed by atoms with E-state index in [0.29, 0.717) is 0 Å². The van der Waals surface area contributed by atoms with Crippen molar-refractivity contribution in [2.45, 2.75) is 19.3 Å². The summed E-state index contributed by atoms with van der Waals surface area (Å²) < 4.78 is 1.17. The van der Waals surface area contributed by atoms with Gasteiger partial charge in [-0.25, -0.2) is 0 Å². The van der Waals surface area contributed by atoms with E-state index in [2.05, 4.69) is 58.4 Å². The molecule has 0 fully saturated rings. The molecule has 0 nitrogen and oxygen atoms in total. The smallest absolute Gasteiger partial charge is 0.0253 e. The van der Waals surface area contributed by atoms with Crippen molar-refractivity contribution < 1.29 is 0 Å². The van der Waals surface area contributed by atoms with Crippen LogP contribution in [0.4, 0.5) is 0 Å². The average Bonchev–Trinajstić information content (AvgIpc) is 2.76. The van der Waals surface area contributed by atoms with E-state index in [1.54, 1.807) is 0 Å². The minimum Gasteiger partial charge on any atom is -0.0616 e. The third-order valence-corrected chi connectivity index (χ3v) is 3.97. The van der Waals surface area contributed by atoms with E-state index in [0.717, 1.165) is 0 Å². The van der Waals surface area contributed by atoms with Gasteiger partial charge in [0.2, 0.25) is 0 Å². The van der Waals surface area contributed by atoms with E-state index in [-0.39, 0.29) is 0 Å². The first-order chi connectivity index (χ1) is 7.84. The van der Waals surface area contributed by atoms with E-state index in [9.17, 15) is 0 Å². The topological polar surface area (TPSA) is 0 Å². The number of hydrogen-bond acceptors (Lipinski definition) is 0. The van der Waals surface area contributed by atoms with Crippen molar-refractivity contribution in [3.05, 3.63) is 58.1 Å². The van der Waals surface area contributed by atoms with E-state index in [4.69, 9.17) is 0 Å². The molecular weight excluding hydrogens is 260 g/mol. The molecule has 0 unspecified atom stereocenters. The van der Waals surface area contributed by atoms with Gasteiger partial charge in [0.25, 0.3) is 0 Å². The van der Waals surface area contributed by atoms with Gasteiger partial charge in [-0.3, -0.25) is 0 Å². The minimum atomic E-state index is 1.17. The predicted molar refractivity (Wildman–Crippen MR) is 71.6 cm³/mol. The lowest BCUT2D eigenvalue weighted by Crippen LogP contribution is -1.85. The van der Waals surface area contributed by atoms with Gasteiger partial charge in [-0.15, -0.1) is 0 Å². The van der Waals surface area contributed by atoms with Crippen LogP contribution in [0.3, 0.4) is 0 Å². The molecule has 2 aromatic rings. The number of hydrogen-bond donors (Lipinski definition) is 0. The third kappa shape index (κ3) is 1.69. The largest absolute Gasteiger partial charge is 0.0616 e. The number of halogens is 1. The Hall–Kier alpha value is -1.08. The molecule has 0 saturated heterocycles. The van der Waals surface area contributed by atoms with Crippen LogP contribution in [0.15, 0.2) is 46.9 Å². The van der Waals surface area contributed by atoms with E-state index >= 15 is 0 Å². The number of fused-ring (bicyclic) bond motifs is 1. The fourth-order valence-electron chi connectivity index (χ4n) is 2.43. The number of rotatable bonds is 1. The van der Waals surface area contributed by atoms with Gasteiger partial charge in [-0.05, 0) is 47.6 Å². The quantitative estimate of drug-likeness (QED) is 0.712. The second-order valence-corrected chi connectivity index (χ2v) is 5.17. The summed E-state index contributed by atoms with van der Waals surface area (Å²) in [6.07, 6.45) is 3.81. The Kier molecular flexibility index (Phi) is 2.56. The summed E-state index contributed by atoms with van der Waals surface area (Å²) in [5.74, 6) is 0. The summed E-state index contributed by atoms with van der Waals surface area (Å²) >= 11 is 3.61. The second kappa shape index (κ2) is 4.06. The Morgan fingerprint density at radius 3 is 2.56 bits per heavy atom. The van der Waals surface area contributed by atoms with Gasteiger partial charge >= 0.3 is 0 Å². The zero-order chi connectivity index (χ0) is 11.0. The molecule has 16 heavy (non-hydrogen) atoms. The lowest BCUT2D eigenvalue weighted by atomic mass is 10.0. The van der Waals surface area contributed by atoms with Crippen LogP contribution in [0.25, 0.3) is 11.1 Å². The molecule has 1 aliphatic rings. The standard InChI is InChI=1S/C15H13Br/c16-15-7-2-1-6-14(15)13-9-8-11-4-3-5-12(11)10-13/h1-2,6-10H,3-5H2. The van der Waals surface area contributed by atoms with Gasteiger partial charge in [0.05, 0.1) is 0 Å². The maximum atomic E-state index is 3.61. The van der Waals surface area contributed by atoms with Gasteiger partial charge in [0.15, 0.2) is 0 Å². The van der Waals surface area contributed by atoms with E-state index in [1.165, 1.54) is 46.0 Å². The SMILES string of the molecule is Brc1ccccc1-c1ccc2c(c1)CCC2. The summed E-state index contributed by atoms with van der Waals surface area (Å²) in [4.78, 5) is 0.